The van der Waals surface area contributed by atoms with Crippen LogP contribution in [0.5, 0.6) is 0 Å². The topological polar surface area (TPSA) is 55.8 Å². The number of ether oxygens (including phenoxy) is 2. The van der Waals surface area contributed by atoms with Gasteiger partial charge in [-0.15, -0.1) is 0 Å². The Morgan fingerprint density at radius 1 is 1.39 bits per heavy atom. The average molecular weight is 256 g/mol. The molecule has 4 nitrogen and oxygen atoms in total. The number of hydrogen-bond donors (Lipinski definition) is 1. The molecule has 0 radical (unpaired) electrons. The second-order valence-electron chi connectivity index (χ2n) is 6.27. The van der Waals surface area contributed by atoms with E-state index in [-0.39, 0.29) is 12.6 Å². The fourth-order valence-corrected chi connectivity index (χ4v) is 3.68. The van der Waals surface area contributed by atoms with E-state index in [9.17, 15) is 4.79 Å². The van der Waals surface area contributed by atoms with E-state index in [1.807, 2.05) is 13.8 Å². The summed E-state index contributed by atoms with van der Waals surface area (Å²) in [6.07, 6.45) is 4.18. The lowest BCUT2D eigenvalue weighted by molar-refractivity contribution is -0.178. The first-order chi connectivity index (χ1) is 8.38. The molecular formula is C14H24O4. The van der Waals surface area contributed by atoms with Crippen LogP contribution < -0.4 is 0 Å². The van der Waals surface area contributed by atoms with Gasteiger partial charge in [0.05, 0.1) is 0 Å². The van der Waals surface area contributed by atoms with Gasteiger partial charge in [0.2, 0.25) is 0 Å². The Morgan fingerprint density at radius 3 is 2.61 bits per heavy atom. The molecule has 0 saturated heterocycles. The van der Waals surface area contributed by atoms with Crippen LogP contribution in [0.1, 0.15) is 46.5 Å². The normalized spacial score (nSPS) is 32.6. The van der Waals surface area contributed by atoms with E-state index in [2.05, 4.69) is 0 Å². The van der Waals surface area contributed by atoms with Crippen LogP contribution in [0.3, 0.4) is 0 Å². The summed E-state index contributed by atoms with van der Waals surface area (Å²) in [5.74, 6) is 1.65. The molecular weight excluding hydrogens is 232 g/mol. The van der Waals surface area contributed by atoms with Crippen LogP contribution in [0.2, 0.25) is 0 Å². The maximum absolute atomic E-state index is 11.7. The largest absolute Gasteiger partial charge is 0.458 e. The SMILES string of the molecule is CC(O)OCC(=O)OC(C)(C)C1CC2CCC1C2. The van der Waals surface area contributed by atoms with Gasteiger partial charge in [0.15, 0.2) is 6.29 Å². The Kier molecular flexibility index (Phi) is 3.97. The van der Waals surface area contributed by atoms with Gasteiger partial charge in [-0.05, 0) is 51.9 Å². The minimum atomic E-state index is -0.928. The first kappa shape index (κ1) is 13.8. The van der Waals surface area contributed by atoms with Crippen molar-refractivity contribution in [3.8, 4) is 0 Å². The molecule has 0 spiro atoms. The molecule has 2 rings (SSSR count). The maximum Gasteiger partial charge on any atom is 0.332 e. The van der Waals surface area contributed by atoms with Crippen molar-refractivity contribution in [3.05, 3.63) is 0 Å². The van der Waals surface area contributed by atoms with Crippen LogP contribution in [-0.4, -0.2) is 29.6 Å². The third-order valence-corrected chi connectivity index (χ3v) is 4.45. The number of carbonyl (C=O) groups excluding carboxylic acids is 1. The molecule has 4 atom stereocenters. The highest BCUT2D eigenvalue weighted by atomic mass is 16.6. The van der Waals surface area contributed by atoms with Crippen molar-refractivity contribution in [1.82, 2.24) is 0 Å². The molecule has 18 heavy (non-hydrogen) atoms. The van der Waals surface area contributed by atoms with E-state index < -0.39 is 11.9 Å². The molecule has 0 aliphatic heterocycles. The summed E-state index contributed by atoms with van der Waals surface area (Å²) in [6.45, 7) is 5.30. The summed E-state index contributed by atoms with van der Waals surface area (Å²) < 4.78 is 10.4. The molecule has 1 N–H and O–H groups in total. The van der Waals surface area contributed by atoms with Gasteiger partial charge >= 0.3 is 5.97 Å². The minimum Gasteiger partial charge on any atom is -0.458 e. The number of fused-ring (bicyclic) bond motifs is 2. The van der Waals surface area contributed by atoms with Gasteiger partial charge in [0.1, 0.15) is 12.2 Å². The van der Waals surface area contributed by atoms with Crippen LogP contribution in [0.4, 0.5) is 0 Å². The van der Waals surface area contributed by atoms with Gasteiger partial charge in [-0.2, -0.15) is 0 Å². The van der Waals surface area contributed by atoms with Crippen LogP contribution in [-0.2, 0) is 14.3 Å². The number of esters is 1. The standard InChI is InChI=1S/C14H24O4/c1-9(15)17-8-13(16)18-14(2,3)12-7-10-4-5-11(12)6-10/h9-12,15H,4-8H2,1-3H3. The highest BCUT2D eigenvalue weighted by Gasteiger charge is 2.48. The molecule has 2 fully saturated rings. The van der Waals surface area contributed by atoms with Crippen molar-refractivity contribution in [3.63, 3.8) is 0 Å². The van der Waals surface area contributed by atoms with Crippen LogP contribution in [0, 0.1) is 17.8 Å². The summed E-state index contributed by atoms with van der Waals surface area (Å²) in [5.41, 5.74) is -0.418. The van der Waals surface area contributed by atoms with Crippen molar-refractivity contribution in [2.45, 2.75) is 58.3 Å². The lowest BCUT2D eigenvalue weighted by atomic mass is 9.78. The molecule has 0 aromatic heterocycles. The predicted molar refractivity (Wildman–Crippen MR) is 66.7 cm³/mol. The second-order valence-corrected chi connectivity index (χ2v) is 6.27. The summed E-state index contributed by atoms with van der Waals surface area (Å²) in [5, 5.41) is 8.97. The molecule has 4 unspecified atom stereocenters. The third kappa shape index (κ3) is 3.04. The van der Waals surface area contributed by atoms with Crippen molar-refractivity contribution in [2.24, 2.45) is 17.8 Å². The van der Waals surface area contributed by atoms with Gasteiger partial charge in [0.25, 0.3) is 0 Å². The Balaban J connectivity index is 1.85. The zero-order chi connectivity index (χ0) is 13.3. The van der Waals surface area contributed by atoms with Gasteiger partial charge in [0, 0.05) is 5.92 Å². The second kappa shape index (κ2) is 5.17. The summed E-state index contributed by atoms with van der Waals surface area (Å²) >= 11 is 0. The van der Waals surface area contributed by atoms with Gasteiger partial charge in [-0.3, -0.25) is 0 Å². The van der Waals surface area contributed by atoms with E-state index in [1.165, 1.54) is 32.6 Å². The zero-order valence-electron chi connectivity index (χ0n) is 11.5. The minimum absolute atomic E-state index is 0.179. The zero-order valence-corrected chi connectivity index (χ0v) is 11.5. The van der Waals surface area contributed by atoms with E-state index in [0.717, 1.165) is 11.8 Å². The van der Waals surface area contributed by atoms with Gasteiger partial charge in [-0.25, -0.2) is 4.79 Å². The van der Waals surface area contributed by atoms with Crippen LogP contribution in [0.25, 0.3) is 0 Å². The first-order valence-electron chi connectivity index (χ1n) is 6.90. The smallest absolute Gasteiger partial charge is 0.332 e. The first-order valence-corrected chi connectivity index (χ1v) is 6.90. The summed E-state index contributed by atoms with van der Waals surface area (Å²) in [4.78, 5) is 11.7. The number of aliphatic hydroxyl groups excluding tert-OH is 1. The molecule has 104 valence electrons. The highest BCUT2D eigenvalue weighted by Crippen LogP contribution is 2.52. The molecule has 2 aliphatic rings. The fourth-order valence-electron chi connectivity index (χ4n) is 3.68. The van der Waals surface area contributed by atoms with E-state index in [4.69, 9.17) is 14.6 Å². The van der Waals surface area contributed by atoms with Crippen molar-refractivity contribution in [1.29, 1.82) is 0 Å². The number of rotatable bonds is 5. The van der Waals surface area contributed by atoms with Crippen molar-refractivity contribution >= 4 is 5.97 Å². The molecule has 2 aliphatic carbocycles. The van der Waals surface area contributed by atoms with Crippen LogP contribution >= 0.6 is 0 Å². The number of carbonyl (C=O) groups is 1. The average Bonchev–Trinajstić information content (AvgIpc) is 2.87. The van der Waals surface area contributed by atoms with Crippen LogP contribution in [0.15, 0.2) is 0 Å². The quantitative estimate of drug-likeness (QED) is 0.604. The maximum atomic E-state index is 11.7. The molecule has 0 aromatic carbocycles. The Morgan fingerprint density at radius 2 is 2.11 bits per heavy atom. The summed E-state index contributed by atoms with van der Waals surface area (Å²) in [7, 11) is 0. The molecule has 0 heterocycles. The van der Waals surface area contributed by atoms with Gasteiger partial charge < -0.3 is 14.6 Å². The lowest BCUT2D eigenvalue weighted by Crippen LogP contribution is -2.40. The molecule has 0 aromatic rings. The van der Waals surface area contributed by atoms with Crippen molar-refractivity contribution in [2.75, 3.05) is 6.61 Å². The van der Waals surface area contributed by atoms with Crippen molar-refractivity contribution < 1.29 is 19.4 Å². The number of hydrogen-bond acceptors (Lipinski definition) is 4. The Bertz CT molecular complexity index is 311. The Hall–Kier alpha value is -0.610. The molecule has 0 amide bonds. The molecule has 2 bridgehead atoms. The highest BCUT2D eigenvalue weighted by molar-refractivity contribution is 5.71. The molecule has 4 heteroatoms. The Labute approximate surface area is 109 Å². The monoisotopic (exact) mass is 256 g/mol. The fraction of sp³-hybridized carbons (Fsp3) is 0.929. The number of aliphatic hydroxyl groups is 1. The molecule has 2 saturated carbocycles. The third-order valence-electron chi connectivity index (χ3n) is 4.45. The van der Waals surface area contributed by atoms with E-state index >= 15 is 0 Å². The van der Waals surface area contributed by atoms with Gasteiger partial charge in [-0.1, -0.05) is 6.42 Å². The predicted octanol–water partition coefficient (Wildman–Crippen LogP) is 2.10. The van der Waals surface area contributed by atoms with E-state index in [1.54, 1.807) is 0 Å². The lowest BCUT2D eigenvalue weighted by Gasteiger charge is -2.36. The van der Waals surface area contributed by atoms with E-state index in [0.29, 0.717) is 5.92 Å². The summed E-state index contributed by atoms with van der Waals surface area (Å²) in [6, 6.07) is 0.